The van der Waals surface area contributed by atoms with Gasteiger partial charge in [0, 0.05) is 37.1 Å². The Balaban J connectivity index is 1.42. The monoisotopic (exact) mass is 397 g/mol. The standard InChI is InChI=1S/C21H23N3O3S/c1-16-6-2-3-8-18(16)15-28(26,27)24-12-10-23(11-13-24)21(25)20-14-17-7-4-5-9-19(17)22-20/h2-9,14,22H,10-13,15H2,1H3. The first-order valence-electron chi connectivity index (χ1n) is 9.33. The van der Waals surface area contributed by atoms with Crippen molar-refractivity contribution in [2.45, 2.75) is 12.7 Å². The van der Waals surface area contributed by atoms with Crippen molar-refractivity contribution in [3.63, 3.8) is 0 Å². The molecule has 2 aromatic carbocycles. The van der Waals surface area contributed by atoms with Gasteiger partial charge in [-0.2, -0.15) is 4.31 Å². The SMILES string of the molecule is Cc1ccccc1CS(=O)(=O)N1CCN(C(=O)c2cc3ccccc3[nH]2)CC1. The molecule has 4 rings (SSSR count). The molecule has 0 bridgehead atoms. The molecule has 2 heterocycles. The molecule has 6 nitrogen and oxygen atoms in total. The minimum Gasteiger partial charge on any atom is -0.351 e. The summed E-state index contributed by atoms with van der Waals surface area (Å²) in [6.07, 6.45) is 0. The zero-order valence-corrected chi connectivity index (χ0v) is 16.6. The van der Waals surface area contributed by atoms with Crippen LogP contribution in [0.5, 0.6) is 0 Å². The number of aryl methyl sites for hydroxylation is 1. The molecule has 28 heavy (non-hydrogen) atoms. The van der Waals surface area contributed by atoms with Crippen LogP contribution in [-0.4, -0.2) is 54.7 Å². The number of para-hydroxylation sites is 1. The Morgan fingerprint density at radius 1 is 1.00 bits per heavy atom. The quantitative estimate of drug-likeness (QED) is 0.736. The molecule has 1 aliphatic rings. The van der Waals surface area contributed by atoms with E-state index in [4.69, 9.17) is 0 Å². The Morgan fingerprint density at radius 2 is 1.68 bits per heavy atom. The molecule has 1 N–H and O–H groups in total. The fourth-order valence-electron chi connectivity index (χ4n) is 3.59. The van der Waals surface area contributed by atoms with Gasteiger partial charge in [-0.05, 0) is 30.2 Å². The number of carbonyl (C=O) groups excluding carboxylic acids is 1. The van der Waals surface area contributed by atoms with Crippen LogP contribution in [-0.2, 0) is 15.8 Å². The van der Waals surface area contributed by atoms with Crippen molar-refractivity contribution < 1.29 is 13.2 Å². The van der Waals surface area contributed by atoms with Crippen LogP contribution in [0.15, 0.2) is 54.6 Å². The highest BCUT2D eigenvalue weighted by molar-refractivity contribution is 7.88. The number of nitrogens with one attached hydrogen (secondary N) is 1. The van der Waals surface area contributed by atoms with E-state index in [-0.39, 0.29) is 11.7 Å². The lowest BCUT2D eigenvalue weighted by molar-refractivity contribution is 0.0693. The van der Waals surface area contributed by atoms with Crippen molar-refractivity contribution in [3.8, 4) is 0 Å². The van der Waals surface area contributed by atoms with Gasteiger partial charge in [-0.3, -0.25) is 4.79 Å². The summed E-state index contributed by atoms with van der Waals surface area (Å²) in [4.78, 5) is 17.7. The minimum atomic E-state index is -3.41. The van der Waals surface area contributed by atoms with Gasteiger partial charge in [0.1, 0.15) is 5.69 Å². The molecular weight excluding hydrogens is 374 g/mol. The van der Waals surface area contributed by atoms with Crippen LogP contribution < -0.4 is 0 Å². The summed E-state index contributed by atoms with van der Waals surface area (Å²) >= 11 is 0. The summed E-state index contributed by atoms with van der Waals surface area (Å²) in [6, 6.07) is 17.1. The summed E-state index contributed by atoms with van der Waals surface area (Å²) in [5.74, 6) is -0.0949. The molecule has 0 saturated carbocycles. The van der Waals surface area contributed by atoms with E-state index in [1.807, 2.05) is 61.5 Å². The average Bonchev–Trinajstić information content (AvgIpc) is 3.13. The average molecular weight is 398 g/mol. The summed E-state index contributed by atoms with van der Waals surface area (Å²) in [5.41, 5.74) is 3.25. The van der Waals surface area contributed by atoms with Crippen molar-refractivity contribution in [3.05, 3.63) is 71.4 Å². The number of benzene rings is 2. The van der Waals surface area contributed by atoms with Crippen LogP contribution in [0.4, 0.5) is 0 Å². The number of amides is 1. The van der Waals surface area contributed by atoms with Gasteiger partial charge in [0.05, 0.1) is 5.75 Å². The van der Waals surface area contributed by atoms with Gasteiger partial charge in [-0.1, -0.05) is 42.5 Å². The van der Waals surface area contributed by atoms with E-state index < -0.39 is 10.0 Å². The third-order valence-corrected chi connectivity index (χ3v) is 7.11. The van der Waals surface area contributed by atoms with Crippen molar-refractivity contribution >= 4 is 26.8 Å². The minimum absolute atomic E-state index is 0.00433. The van der Waals surface area contributed by atoms with Crippen LogP contribution in [0.2, 0.25) is 0 Å². The van der Waals surface area contributed by atoms with E-state index in [9.17, 15) is 13.2 Å². The number of nitrogens with zero attached hydrogens (tertiary/aromatic N) is 2. The highest BCUT2D eigenvalue weighted by Gasteiger charge is 2.30. The molecule has 7 heteroatoms. The first kappa shape index (κ1) is 18.7. The van der Waals surface area contributed by atoms with E-state index in [1.54, 1.807) is 4.90 Å². The Bertz CT molecular complexity index is 1080. The lowest BCUT2D eigenvalue weighted by Crippen LogP contribution is -2.50. The zero-order chi connectivity index (χ0) is 19.7. The van der Waals surface area contributed by atoms with Crippen LogP contribution in [0.3, 0.4) is 0 Å². The molecule has 1 saturated heterocycles. The molecule has 1 amide bonds. The maximum atomic E-state index is 12.8. The normalized spacial score (nSPS) is 15.8. The molecule has 0 atom stereocenters. The van der Waals surface area contributed by atoms with E-state index >= 15 is 0 Å². The second-order valence-corrected chi connectivity index (χ2v) is 9.11. The number of fused-ring (bicyclic) bond motifs is 1. The van der Waals surface area contributed by atoms with Crippen LogP contribution >= 0.6 is 0 Å². The fourth-order valence-corrected chi connectivity index (χ4v) is 5.21. The molecule has 1 aliphatic heterocycles. The van der Waals surface area contributed by atoms with Crippen molar-refractivity contribution in [1.29, 1.82) is 0 Å². The third kappa shape index (κ3) is 3.68. The number of rotatable bonds is 4. The largest absolute Gasteiger partial charge is 0.351 e. The smallest absolute Gasteiger partial charge is 0.270 e. The molecule has 0 unspecified atom stereocenters. The van der Waals surface area contributed by atoms with E-state index in [2.05, 4.69) is 4.98 Å². The van der Waals surface area contributed by atoms with Gasteiger partial charge in [0.25, 0.3) is 5.91 Å². The number of carbonyl (C=O) groups is 1. The van der Waals surface area contributed by atoms with Crippen molar-refractivity contribution in [2.75, 3.05) is 26.2 Å². The predicted octanol–water partition coefficient (Wildman–Crippen LogP) is 2.76. The molecular formula is C21H23N3O3S. The summed E-state index contributed by atoms with van der Waals surface area (Å²) < 4.78 is 27.1. The summed E-state index contributed by atoms with van der Waals surface area (Å²) in [6.45, 7) is 3.34. The first-order valence-corrected chi connectivity index (χ1v) is 10.9. The van der Waals surface area contributed by atoms with Crippen LogP contribution in [0.1, 0.15) is 21.6 Å². The van der Waals surface area contributed by atoms with Gasteiger partial charge >= 0.3 is 0 Å². The van der Waals surface area contributed by atoms with Crippen LogP contribution in [0, 0.1) is 6.92 Å². The number of aromatic amines is 1. The zero-order valence-electron chi connectivity index (χ0n) is 15.8. The molecule has 0 spiro atoms. The first-order chi connectivity index (χ1) is 13.4. The van der Waals surface area contributed by atoms with Gasteiger partial charge in [0.2, 0.25) is 10.0 Å². The van der Waals surface area contributed by atoms with E-state index in [0.29, 0.717) is 31.9 Å². The highest BCUT2D eigenvalue weighted by atomic mass is 32.2. The van der Waals surface area contributed by atoms with Crippen LogP contribution in [0.25, 0.3) is 10.9 Å². The summed E-state index contributed by atoms with van der Waals surface area (Å²) in [5, 5.41) is 0.991. The predicted molar refractivity (Wildman–Crippen MR) is 110 cm³/mol. The van der Waals surface area contributed by atoms with Crippen molar-refractivity contribution in [2.24, 2.45) is 0 Å². The molecule has 0 aliphatic carbocycles. The Kier molecular flexibility index (Phi) is 4.95. The Hall–Kier alpha value is -2.64. The second kappa shape index (κ2) is 7.41. The molecule has 146 valence electrons. The number of piperazine rings is 1. The molecule has 1 aromatic heterocycles. The summed E-state index contributed by atoms with van der Waals surface area (Å²) in [7, 11) is -3.41. The van der Waals surface area contributed by atoms with Gasteiger partial charge < -0.3 is 9.88 Å². The number of hydrogen-bond donors (Lipinski definition) is 1. The fraction of sp³-hybridized carbons (Fsp3) is 0.286. The van der Waals surface area contributed by atoms with E-state index in [0.717, 1.165) is 22.0 Å². The lowest BCUT2D eigenvalue weighted by Gasteiger charge is -2.34. The van der Waals surface area contributed by atoms with Gasteiger partial charge in [-0.15, -0.1) is 0 Å². The van der Waals surface area contributed by atoms with Crippen molar-refractivity contribution in [1.82, 2.24) is 14.2 Å². The molecule has 0 radical (unpaired) electrons. The number of aromatic nitrogens is 1. The maximum absolute atomic E-state index is 12.8. The molecule has 1 fully saturated rings. The second-order valence-electron chi connectivity index (χ2n) is 7.14. The highest BCUT2D eigenvalue weighted by Crippen LogP contribution is 2.19. The Labute approximate surface area is 164 Å². The number of sulfonamides is 1. The Morgan fingerprint density at radius 3 is 2.39 bits per heavy atom. The number of H-pyrrole nitrogens is 1. The topological polar surface area (TPSA) is 73.5 Å². The number of hydrogen-bond acceptors (Lipinski definition) is 3. The maximum Gasteiger partial charge on any atom is 0.270 e. The third-order valence-electron chi connectivity index (χ3n) is 5.28. The lowest BCUT2D eigenvalue weighted by atomic mass is 10.1. The molecule has 3 aromatic rings. The van der Waals surface area contributed by atoms with Gasteiger partial charge in [0.15, 0.2) is 0 Å². The van der Waals surface area contributed by atoms with E-state index in [1.165, 1.54) is 4.31 Å². The van der Waals surface area contributed by atoms with Gasteiger partial charge in [-0.25, -0.2) is 8.42 Å².